The maximum atomic E-state index is 12.4. The van der Waals surface area contributed by atoms with Crippen molar-refractivity contribution < 1.29 is 47.6 Å². The molecule has 1 aliphatic heterocycles. The molecule has 0 saturated carbocycles. The maximum absolute atomic E-state index is 12.4. The van der Waals surface area contributed by atoms with Crippen LogP contribution >= 0.6 is 23.5 Å². The second kappa shape index (κ2) is 19.8. The Labute approximate surface area is 308 Å². The van der Waals surface area contributed by atoms with Gasteiger partial charge in [0.1, 0.15) is 29.2 Å². The summed E-state index contributed by atoms with van der Waals surface area (Å²) in [7, 11) is 0. The van der Waals surface area contributed by atoms with Gasteiger partial charge in [-0.05, 0) is 45.2 Å². The number of fused-ring (bicyclic) bond motifs is 1. The minimum absolute atomic E-state index is 0.0316. The number of allylic oxidation sites excluding steroid dienone is 1. The van der Waals surface area contributed by atoms with Gasteiger partial charge in [-0.25, -0.2) is 9.59 Å². The van der Waals surface area contributed by atoms with Crippen LogP contribution in [0.3, 0.4) is 0 Å². The first-order chi connectivity index (χ1) is 23.9. The summed E-state index contributed by atoms with van der Waals surface area (Å²) in [6.45, 7) is 20.0. The second-order valence-electron chi connectivity index (χ2n) is 13.5. The van der Waals surface area contributed by atoms with Gasteiger partial charge in [0.05, 0.1) is 53.7 Å². The number of ether oxygens (including phenoxy) is 6. The lowest BCUT2D eigenvalue weighted by Crippen LogP contribution is -2.28. The topological polar surface area (TPSA) is 171 Å². The molecular weight excluding hydrogens is 697 g/mol. The Morgan fingerprint density at radius 2 is 1.16 bits per heavy atom. The second-order valence-corrected chi connectivity index (χ2v) is 15.8. The Morgan fingerprint density at radius 1 is 0.725 bits per heavy atom. The van der Waals surface area contributed by atoms with Crippen molar-refractivity contribution in [2.75, 3.05) is 39.6 Å². The van der Waals surface area contributed by atoms with Crippen LogP contribution in [0.1, 0.15) is 72.8 Å². The van der Waals surface area contributed by atoms with E-state index < -0.39 is 34.7 Å². The first kappa shape index (κ1) is 42.8. The van der Waals surface area contributed by atoms with E-state index in [0.717, 1.165) is 5.56 Å². The van der Waals surface area contributed by atoms with Crippen molar-refractivity contribution in [3.8, 4) is 23.6 Å². The summed E-state index contributed by atoms with van der Waals surface area (Å²) in [6, 6.07) is 5.66. The molecule has 0 aromatic heterocycles. The van der Waals surface area contributed by atoms with Crippen LogP contribution in [-0.4, -0.2) is 63.5 Å². The molecule has 0 fully saturated rings. The molecule has 1 aromatic carbocycles. The Bertz CT molecular complexity index is 1620. The number of benzene rings is 1. The van der Waals surface area contributed by atoms with E-state index in [1.54, 1.807) is 19.9 Å². The number of hydrogen-bond donors (Lipinski definition) is 0. The van der Waals surface area contributed by atoms with Crippen LogP contribution < -0.4 is 9.47 Å². The van der Waals surface area contributed by atoms with Crippen molar-refractivity contribution >= 4 is 47.4 Å². The first-order valence-electron chi connectivity index (χ1n) is 16.2. The van der Waals surface area contributed by atoms with Crippen molar-refractivity contribution in [3.05, 3.63) is 45.7 Å². The zero-order chi connectivity index (χ0) is 38.4. The van der Waals surface area contributed by atoms with Gasteiger partial charge in [0, 0.05) is 34.8 Å². The predicted octanol–water partition coefficient (Wildman–Crippen LogP) is 7.15. The Balaban J connectivity index is 1.96. The average molecular weight is 743 g/mol. The van der Waals surface area contributed by atoms with Crippen LogP contribution in [0.5, 0.6) is 11.5 Å². The van der Waals surface area contributed by atoms with Gasteiger partial charge in [-0.15, -0.1) is 0 Å². The van der Waals surface area contributed by atoms with Crippen LogP contribution in [0.4, 0.5) is 0 Å². The molecule has 1 heterocycles. The molecule has 51 heavy (non-hydrogen) atoms. The largest absolute Gasteiger partial charge is 0.492 e. The number of thioether (sulfide) groups is 2. The minimum atomic E-state index is -0.574. The van der Waals surface area contributed by atoms with E-state index in [1.165, 1.54) is 23.5 Å². The highest BCUT2D eigenvalue weighted by Gasteiger charge is 2.30. The molecular formula is C37H46N2O10S2. The number of nitrogens with zero attached hydrogens (tertiary/aromatic N) is 2. The Hall–Kier alpha value is -4.40. The molecule has 0 aliphatic carbocycles. The lowest BCUT2D eigenvalue weighted by atomic mass is 9.96. The highest BCUT2D eigenvalue weighted by atomic mass is 32.2. The van der Waals surface area contributed by atoms with Gasteiger partial charge >= 0.3 is 23.9 Å². The van der Waals surface area contributed by atoms with Gasteiger partial charge in [-0.2, -0.15) is 10.5 Å². The third-order valence-electron chi connectivity index (χ3n) is 6.85. The number of carbonyl (C=O) groups excluding carboxylic acids is 4. The minimum Gasteiger partial charge on any atom is -0.492 e. The van der Waals surface area contributed by atoms with Gasteiger partial charge in [-0.1, -0.05) is 64.4 Å². The number of nitriles is 2. The molecule has 0 N–H and O–H groups in total. The first-order valence-corrected chi connectivity index (χ1v) is 17.8. The van der Waals surface area contributed by atoms with Crippen molar-refractivity contribution in [2.24, 2.45) is 10.8 Å². The van der Waals surface area contributed by atoms with Crippen molar-refractivity contribution in [1.82, 2.24) is 0 Å². The lowest BCUT2D eigenvalue weighted by Gasteiger charge is -2.23. The molecule has 0 saturated heterocycles. The number of rotatable bonds is 20. The fourth-order valence-corrected chi connectivity index (χ4v) is 6.54. The van der Waals surface area contributed by atoms with Gasteiger partial charge in [0.25, 0.3) is 0 Å². The normalized spacial score (nSPS) is 12.1. The zero-order valence-electron chi connectivity index (χ0n) is 30.4. The molecule has 1 aromatic rings. The SMILES string of the molecule is C=C(C)C(=O)OCC(C)(C)COC(=O)CCCOc1cc(C)c(OCCCC(=O)OCC(C)(C)COC(=O)C(=C)C)c2c1SC(=C(C#N)C#N)S2. The Morgan fingerprint density at radius 3 is 1.61 bits per heavy atom. The summed E-state index contributed by atoms with van der Waals surface area (Å²) in [5.74, 6) is -0.759. The van der Waals surface area contributed by atoms with E-state index in [4.69, 9.17) is 28.4 Å². The van der Waals surface area contributed by atoms with E-state index in [0.29, 0.717) is 49.5 Å². The molecule has 0 bridgehead atoms. The quantitative estimate of drug-likeness (QED) is 0.0434. The summed E-state index contributed by atoms with van der Waals surface area (Å²) >= 11 is 2.48. The number of aryl methyl sites for hydroxylation is 1. The van der Waals surface area contributed by atoms with Gasteiger partial charge < -0.3 is 28.4 Å². The van der Waals surface area contributed by atoms with Crippen molar-refractivity contribution in [3.63, 3.8) is 0 Å². The fourth-order valence-electron chi connectivity index (χ4n) is 3.96. The van der Waals surface area contributed by atoms with Gasteiger partial charge in [-0.3, -0.25) is 9.59 Å². The average Bonchev–Trinajstić information content (AvgIpc) is 3.51. The summed E-state index contributed by atoms with van der Waals surface area (Å²) in [6.07, 6.45) is 0.940. The number of carbonyl (C=O) groups is 4. The van der Waals surface area contributed by atoms with E-state index in [1.807, 2.05) is 46.8 Å². The highest BCUT2D eigenvalue weighted by Crippen LogP contribution is 2.59. The van der Waals surface area contributed by atoms with Crippen LogP contribution in [-0.2, 0) is 38.1 Å². The van der Waals surface area contributed by atoms with Gasteiger partial charge in [0.2, 0.25) is 0 Å². The molecule has 0 unspecified atom stereocenters. The molecule has 1 aliphatic rings. The Kier molecular flexibility index (Phi) is 16.6. The summed E-state index contributed by atoms with van der Waals surface area (Å²) in [5, 5.41) is 19.0. The third-order valence-corrected chi connectivity index (χ3v) is 9.46. The molecule has 276 valence electrons. The number of hydrogen-bond acceptors (Lipinski definition) is 14. The predicted molar refractivity (Wildman–Crippen MR) is 192 cm³/mol. The molecule has 2 rings (SSSR count). The third kappa shape index (κ3) is 14.4. The lowest BCUT2D eigenvalue weighted by molar-refractivity contribution is -0.152. The zero-order valence-corrected chi connectivity index (χ0v) is 32.0. The molecule has 0 spiro atoms. The van der Waals surface area contributed by atoms with Gasteiger partial charge in [0.15, 0.2) is 0 Å². The molecule has 0 radical (unpaired) electrons. The van der Waals surface area contributed by atoms with Crippen molar-refractivity contribution in [1.29, 1.82) is 10.5 Å². The maximum Gasteiger partial charge on any atom is 0.333 e. The van der Waals surface area contributed by atoms with Crippen LogP contribution in [0.25, 0.3) is 0 Å². The van der Waals surface area contributed by atoms with E-state index in [2.05, 4.69) is 13.2 Å². The smallest absolute Gasteiger partial charge is 0.333 e. The van der Waals surface area contributed by atoms with Crippen LogP contribution in [0.15, 0.2) is 50.0 Å². The standard InChI is InChI=1S/C37H46N2O10S2/c1-23(2)33(42)48-21-36(6,7)19-46-28(40)12-10-14-44-27-16-25(5)30(32-31(27)50-35(51-32)26(17-38)18-39)45-15-11-13-29(41)47-20-37(8,9)22-49-34(43)24(3)4/h16H,1,3,10-15,19-22H2,2,4-9H3. The monoisotopic (exact) mass is 742 g/mol. The molecule has 0 amide bonds. The van der Waals surface area contributed by atoms with Crippen molar-refractivity contribution in [2.45, 2.75) is 83.9 Å². The summed E-state index contributed by atoms with van der Waals surface area (Å²) in [4.78, 5) is 49.5. The van der Waals surface area contributed by atoms with E-state index >= 15 is 0 Å². The van der Waals surface area contributed by atoms with Crippen LogP contribution in [0.2, 0.25) is 0 Å². The molecule has 0 atom stereocenters. The van der Waals surface area contributed by atoms with E-state index in [9.17, 15) is 29.7 Å². The molecule has 12 nitrogen and oxygen atoms in total. The fraction of sp³-hybridized carbons (Fsp3) is 0.514. The number of esters is 4. The molecule has 14 heteroatoms. The summed E-state index contributed by atoms with van der Waals surface area (Å²) in [5.41, 5.74) is 0.149. The summed E-state index contributed by atoms with van der Waals surface area (Å²) < 4.78 is 33.8. The van der Waals surface area contributed by atoms with Crippen LogP contribution in [0, 0.1) is 40.4 Å². The highest BCUT2D eigenvalue weighted by molar-refractivity contribution is 8.24. The van der Waals surface area contributed by atoms with E-state index in [-0.39, 0.29) is 58.1 Å².